The predicted octanol–water partition coefficient (Wildman–Crippen LogP) is 4.54. The summed E-state index contributed by atoms with van der Waals surface area (Å²) >= 11 is 0. The zero-order valence-electron chi connectivity index (χ0n) is 23.5. The van der Waals surface area contributed by atoms with Crippen LogP contribution in [0.15, 0.2) is 79.6 Å². The van der Waals surface area contributed by atoms with Gasteiger partial charge in [-0.3, -0.25) is 19.2 Å². The number of pyridine rings is 3. The van der Waals surface area contributed by atoms with Crippen LogP contribution >= 0.6 is 0 Å². The number of carboxylic acids is 2. The zero-order valence-corrected chi connectivity index (χ0v) is 23.5. The van der Waals surface area contributed by atoms with E-state index in [1.54, 1.807) is 18.6 Å². The summed E-state index contributed by atoms with van der Waals surface area (Å²) in [6, 6.07) is 13.4. The first-order valence-electron chi connectivity index (χ1n) is 12.8. The lowest BCUT2D eigenvalue weighted by molar-refractivity contribution is -0.193. The highest BCUT2D eigenvalue weighted by Crippen LogP contribution is 2.23. The first-order chi connectivity index (χ1) is 21.6. The van der Waals surface area contributed by atoms with E-state index in [1.807, 2.05) is 72.4 Å². The van der Waals surface area contributed by atoms with Crippen molar-refractivity contribution in [2.75, 3.05) is 0 Å². The molecule has 0 aliphatic carbocycles. The molecule has 0 saturated heterocycles. The van der Waals surface area contributed by atoms with Gasteiger partial charge in [-0.2, -0.15) is 26.3 Å². The van der Waals surface area contributed by atoms with E-state index in [2.05, 4.69) is 24.8 Å². The molecule has 5 aromatic heterocycles. The highest BCUT2D eigenvalue weighted by molar-refractivity contribution is 5.99. The Labute approximate surface area is 255 Å². The predicted molar refractivity (Wildman–Crippen MR) is 147 cm³/mol. The number of carbonyl (C=O) groups is 3. The number of carboxylic acid groups (broad SMARTS) is 2. The van der Waals surface area contributed by atoms with Crippen LogP contribution in [0, 0.1) is 6.92 Å². The third kappa shape index (κ3) is 9.60. The molecule has 0 spiro atoms. The number of imidazole rings is 2. The third-order valence-corrected chi connectivity index (χ3v) is 5.73. The van der Waals surface area contributed by atoms with Gasteiger partial charge in [-0.25, -0.2) is 19.6 Å². The number of hydrogen-bond acceptors (Lipinski definition) is 7. The van der Waals surface area contributed by atoms with Crippen LogP contribution in [0.4, 0.5) is 26.3 Å². The van der Waals surface area contributed by atoms with Gasteiger partial charge in [0.05, 0.1) is 12.1 Å². The van der Waals surface area contributed by atoms with Crippen molar-refractivity contribution in [1.29, 1.82) is 0 Å². The number of amides is 1. The summed E-state index contributed by atoms with van der Waals surface area (Å²) in [7, 11) is 0. The van der Waals surface area contributed by atoms with Gasteiger partial charge in [-0.05, 0) is 48.4 Å². The maximum absolute atomic E-state index is 13.0. The van der Waals surface area contributed by atoms with Gasteiger partial charge in [0.1, 0.15) is 11.5 Å². The lowest BCUT2D eigenvalue weighted by atomic mass is 10.2. The molecule has 0 fully saturated rings. The summed E-state index contributed by atoms with van der Waals surface area (Å²) in [5, 5.41) is 17.2. The summed E-state index contributed by atoms with van der Waals surface area (Å²) < 4.78 is 67.4. The number of aliphatic carboxylic acids is 2. The van der Waals surface area contributed by atoms with E-state index in [0.717, 1.165) is 22.5 Å². The smallest absolute Gasteiger partial charge is 0.475 e. The van der Waals surface area contributed by atoms with E-state index in [4.69, 9.17) is 24.8 Å². The number of halogens is 6. The summed E-state index contributed by atoms with van der Waals surface area (Å²) in [6.45, 7) is 3.02. The Bertz CT molecular complexity index is 1770. The maximum atomic E-state index is 13.0. The normalized spacial score (nSPS) is 11.1. The number of aromatic nitrogens is 6. The Hall–Kier alpha value is -5.81. The second kappa shape index (κ2) is 14.8. The zero-order chi connectivity index (χ0) is 34.1. The number of aryl methyl sites for hydroxylation is 1. The molecule has 18 heteroatoms. The van der Waals surface area contributed by atoms with Gasteiger partial charge in [0.2, 0.25) is 0 Å². The molecule has 5 rings (SSSR count). The van der Waals surface area contributed by atoms with Crippen LogP contribution in [0.1, 0.15) is 27.4 Å². The van der Waals surface area contributed by atoms with Gasteiger partial charge in [0, 0.05) is 43.7 Å². The van der Waals surface area contributed by atoms with Crippen molar-refractivity contribution in [3.8, 4) is 11.5 Å². The molecular formula is C28H23F6N7O5. The van der Waals surface area contributed by atoms with E-state index in [0.29, 0.717) is 30.3 Å². The molecule has 242 valence electrons. The molecule has 0 aliphatic rings. The molecule has 5 aromatic rings. The van der Waals surface area contributed by atoms with Crippen LogP contribution in [0.25, 0.3) is 17.0 Å². The minimum Gasteiger partial charge on any atom is -0.475 e. The standard InChI is InChI=1S/C24H21N7O.2C2HF3O2/c1-17-28-20(16-30(17)15-19-5-4-9-26-13-19)23-29-22(21-6-2-3-12-31(21)23)24(32)27-14-18-7-10-25-11-8-18;2*3-2(4,5)1(6)7/h2-13,16H,14-15H2,1H3,(H,27,32);2*(H,6,7). The van der Waals surface area contributed by atoms with Crippen LogP contribution in [-0.2, 0) is 22.7 Å². The third-order valence-electron chi connectivity index (χ3n) is 5.73. The van der Waals surface area contributed by atoms with Crippen LogP contribution in [0.3, 0.4) is 0 Å². The van der Waals surface area contributed by atoms with Crippen molar-refractivity contribution >= 4 is 23.4 Å². The van der Waals surface area contributed by atoms with Crippen molar-refractivity contribution in [2.45, 2.75) is 32.4 Å². The molecular weight excluding hydrogens is 628 g/mol. The van der Waals surface area contributed by atoms with Gasteiger partial charge in [-0.1, -0.05) is 12.1 Å². The Morgan fingerprint density at radius 1 is 0.826 bits per heavy atom. The van der Waals surface area contributed by atoms with Gasteiger partial charge in [-0.15, -0.1) is 0 Å². The van der Waals surface area contributed by atoms with Crippen molar-refractivity contribution in [3.63, 3.8) is 0 Å². The lowest BCUT2D eigenvalue weighted by Gasteiger charge is -2.03. The first kappa shape index (κ1) is 34.7. The SMILES string of the molecule is Cc1nc(-c2nc(C(=O)NCc3ccncc3)c3ccccn23)cn1Cc1cccnc1.O=C(O)C(F)(F)F.O=C(O)C(F)(F)F. The van der Waals surface area contributed by atoms with Crippen molar-refractivity contribution < 1.29 is 50.9 Å². The molecule has 0 unspecified atom stereocenters. The monoisotopic (exact) mass is 651 g/mol. The van der Waals surface area contributed by atoms with E-state index in [1.165, 1.54) is 0 Å². The second-order valence-electron chi connectivity index (χ2n) is 9.05. The molecule has 46 heavy (non-hydrogen) atoms. The molecule has 1 amide bonds. The topological polar surface area (TPSA) is 165 Å². The molecule has 0 aliphatic heterocycles. The molecule has 12 nitrogen and oxygen atoms in total. The summed E-state index contributed by atoms with van der Waals surface area (Å²) in [4.78, 5) is 48.3. The van der Waals surface area contributed by atoms with Crippen LogP contribution in [-0.4, -0.2) is 69.3 Å². The van der Waals surface area contributed by atoms with Gasteiger partial charge >= 0.3 is 24.3 Å². The van der Waals surface area contributed by atoms with E-state index in [9.17, 15) is 31.1 Å². The van der Waals surface area contributed by atoms with Gasteiger partial charge < -0.3 is 20.1 Å². The Balaban J connectivity index is 0.000000345. The number of nitrogens with zero attached hydrogens (tertiary/aromatic N) is 6. The van der Waals surface area contributed by atoms with Crippen LogP contribution < -0.4 is 5.32 Å². The summed E-state index contributed by atoms with van der Waals surface area (Å²) in [6.07, 6.45) is 0.698. The molecule has 0 atom stereocenters. The quantitative estimate of drug-likeness (QED) is 0.224. The fraction of sp³-hybridized carbons (Fsp3) is 0.179. The van der Waals surface area contributed by atoms with Crippen molar-refractivity contribution in [1.82, 2.24) is 34.2 Å². The van der Waals surface area contributed by atoms with Gasteiger partial charge in [0.25, 0.3) is 5.91 Å². The minimum atomic E-state index is -5.08. The van der Waals surface area contributed by atoms with E-state index < -0.39 is 24.3 Å². The fourth-order valence-corrected chi connectivity index (χ4v) is 3.62. The lowest BCUT2D eigenvalue weighted by Crippen LogP contribution is -2.23. The molecule has 5 heterocycles. The number of carbonyl (C=O) groups excluding carboxylic acids is 1. The fourth-order valence-electron chi connectivity index (χ4n) is 3.62. The Morgan fingerprint density at radius 3 is 2.02 bits per heavy atom. The van der Waals surface area contributed by atoms with Crippen LogP contribution in [0.5, 0.6) is 0 Å². The molecule has 0 saturated carbocycles. The summed E-state index contributed by atoms with van der Waals surface area (Å²) in [5.74, 6) is -4.26. The summed E-state index contributed by atoms with van der Waals surface area (Å²) in [5.41, 5.74) is 3.87. The number of alkyl halides is 6. The van der Waals surface area contributed by atoms with Crippen molar-refractivity contribution in [3.05, 3.63) is 102 Å². The maximum Gasteiger partial charge on any atom is 0.490 e. The minimum absolute atomic E-state index is 0.233. The molecule has 0 bridgehead atoms. The number of rotatable bonds is 6. The number of hydrogen-bond donors (Lipinski definition) is 3. The van der Waals surface area contributed by atoms with E-state index in [-0.39, 0.29) is 5.91 Å². The Morgan fingerprint density at radius 2 is 1.46 bits per heavy atom. The highest BCUT2D eigenvalue weighted by Gasteiger charge is 2.38. The second-order valence-corrected chi connectivity index (χ2v) is 9.05. The molecule has 3 N–H and O–H groups in total. The Kier molecular flexibility index (Phi) is 11.1. The average molecular weight is 652 g/mol. The van der Waals surface area contributed by atoms with E-state index >= 15 is 0 Å². The number of fused-ring (bicyclic) bond motifs is 1. The van der Waals surface area contributed by atoms with Crippen molar-refractivity contribution in [2.24, 2.45) is 0 Å². The van der Waals surface area contributed by atoms with Crippen LogP contribution in [0.2, 0.25) is 0 Å². The van der Waals surface area contributed by atoms with Gasteiger partial charge in [0.15, 0.2) is 11.5 Å². The largest absolute Gasteiger partial charge is 0.490 e. The molecule has 0 aromatic carbocycles. The number of nitrogens with one attached hydrogen (secondary N) is 1. The first-order valence-corrected chi connectivity index (χ1v) is 12.8. The average Bonchev–Trinajstić information content (AvgIpc) is 3.57. The highest BCUT2D eigenvalue weighted by atomic mass is 19.4. The molecule has 0 radical (unpaired) electrons.